The van der Waals surface area contributed by atoms with Crippen LogP contribution >= 0.6 is 0 Å². The fraction of sp³-hybridized carbons (Fsp3) is 0.160. The third kappa shape index (κ3) is 3.20. The molecule has 1 aliphatic heterocycles. The highest BCUT2D eigenvalue weighted by atomic mass is 16.5. The number of hydrogen-bond donors (Lipinski definition) is 0. The Balaban J connectivity index is 1.57. The van der Waals surface area contributed by atoms with Crippen molar-refractivity contribution in [2.45, 2.75) is 19.3 Å². The summed E-state index contributed by atoms with van der Waals surface area (Å²) in [4.78, 5) is 15.0. The van der Waals surface area contributed by atoms with Crippen LogP contribution in [-0.2, 0) is 5.41 Å². The number of likely N-dealkylation sites (N-methyl/N-ethyl adjacent to an activating group) is 1. The molecular weight excluding hydrogens is 346 g/mol. The standard InChI is InChI=1S/C25H23NO2/c1-25(2)21-11-7-8-12-22(21)26(3)24(25)17-23(27)18-13-15-20(16-14-18)28-19-9-5-4-6-10-19/h4-17H,1-3H3/b24-17+. The van der Waals surface area contributed by atoms with Gasteiger partial charge in [0.05, 0.1) is 0 Å². The van der Waals surface area contributed by atoms with Crippen molar-refractivity contribution in [2.75, 3.05) is 11.9 Å². The van der Waals surface area contributed by atoms with E-state index >= 15 is 0 Å². The van der Waals surface area contributed by atoms with Gasteiger partial charge in [0.25, 0.3) is 0 Å². The maximum atomic E-state index is 12.9. The lowest BCUT2D eigenvalue weighted by Crippen LogP contribution is -2.24. The van der Waals surface area contributed by atoms with Crippen LogP contribution in [-0.4, -0.2) is 12.8 Å². The van der Waals surface area contributed by atoms with Crippen molar-refractivity contribution >= 4 is 11.5 Å². The Morgan fingerprint density at radius 1 is 0.857 bits per heavy atom. The first kappa shape index (κ1) is 18.1. The van der Waals surface area contributed by atoms with Crippen LogP contribution in [0.5, 0.6) is 11.5 Å². The minimum absolute atomic E-state index is 0.00556. The molecule has 0 spiro atoms. The Morgan fingerprint density at radius 2 is 1.46 bits per heavy atom. The van der Waals surface area contributed by atoms with E-state index in [1.54, 1.807) is 6.08 Å². The number of nitrogens with zero attached hydrogens (tertiary/aromatic N) is 1. The van der Waals surface area contributed by atoms with Gasteiger partial charge in [0, 0.05) is 35.5 Å². The fourth-order valence-corrected chi connectivity index (χ4v) is 3.78. The van der Waals surface area contributed by atoms with E-state index in [9.17, 15) is 4.79 Å². The molecule has 3 nitrogen and oxygen atoms in total. The molecule has 28 heavy (non-hydrogen) atoms. The smallest absolute Gasteiger partial charge is 0.187 e. The molecule has 0 N–H and O–H groups in total. The van der Waals surface area contributed by atoms with Crippen molar-refractivity contribution in [2.24, 2.45) is 0 Å². The van der Waals surface area contributed by atoms with E-state index < -0.39 is 0 Å². The zero-order valence-corrected chi connectivity index (χ0v) is 16.3. The molecule has 0 unspecified atom stereocenters. The maximum absolute atomic E-state index is 12.9. The number of ether oxygens (including phenoxy) is 1. The summed E-state index contributed by atoms with van der Waals surface area (Å²) in [7, 11) is 2.02. The van der Waals surface area contributed by atoms with Gasteiger partial charge < -0.3 is 9.64 Å². The van der Waals surface area contributed by atoms with Crippen LogP contribution < -0.4 is 9.64 Å². The molecule has 0 atom stereocenters. The first-order valence-electron chi connectivity index (χ1n) is 9.39. The molecule has 4 rings (SSSR count). The number of carbonyl (C=O) groups excluding carboxylic acids is 1. The Kier molecular flexibility index (Phi) is 4.52. The molecule has 0 bridgehead atoms. The predicted octanol–water partition coefficient (Wildman–Crippen LogP) is 5.97. The number of rotatable bonds is 4. The fourth-order valence-electron chi connectivity index (χ4n) is 3.78. The summed E-state index contributed by atoms with van der Waals surface area (Å²) >= 11 is 0. The van der Waals surface area contributed by atoms with Crippen molar-refractivity contribution in [3.8, 4) is 11.5 Å². The molecule has 0 fully saturated rings. The van der Waals surface area contributed by atoms with Crippen LogP contribution in [0.4, 0.5) is 5.69 Å². The summed E-state index contributed by atoms with van der Waals surface area (Å²) in [6, 6.07) is 25.2. The van der Waals surface area contributed by atoms with Crippen molar-refractivity contribution in [1.29, 1.82) is 0 Å². The Morgan fingerprint density at radius 3 is 2.14 bits per heavy atom. The van der Waals surface area contributed by atoms with E-state index in [4.69, 9.17) is 4.74 Å². The topological polar surface area (TPSA) is 29.5 Å². The van der Waals surface area contributed by atoms with Crippen molar-refractivity contribution in [1.82, 2.24) is 0 Å². The summed E-state index contributed by atoms with van der Waals surface area (Å²) in [6.45, 7) is 4.32. The monoisotopic (exact) mass is 369 g/mol. The van der Waals surface area contributed by atoms with Crippen molar-refractivity contribution in [3.63, 3.8) is 0 Å². The molecule has 0 aromatic heterocycles. The van der Waals surface area contributed by atoms with Gasteiger partial charge in [-0.1, -0.05) is 50.2 Å². The summed E-state index contributed by atoms with van der Waals surface area (Å²) in [5.74, 6) is 1.48. The number of para-hydroxylation sites is 2. The van der Waals surface area contributed by atoms with Gasteiger partial charge in [0.1, 0.15) is 11.5 Å². The highest BCUT2D eigenvalue weighted by molar-refractivity contribution is 6.05. The lowest BCUT2D eigenvalue weighted by molar-refractivity contribution is 0.104. The highest BCUT2D eigenvalue weighted by Crippen LogP contribution is 2.46. The van der Waals surface area contributed by atoms with E-state index in [-0.39, 0.29) is 11.2 Å². The summed E-state index contributed by atoms with van der Waals surface area (Å²) < 4.78 is 5.80. The normalized spacial score (nSPS) is 16.1. The largest absolute Gasteiger partial charge is 0.457 e. The molecule has 0 radical (unpaired) electrons. The Hall–Kier alpha value is -3.33. The molecule has 0 amide bonds. The molecule has 0 saturated heterocycles. The molecule has 0 saturated carbocycles. The third-order valence-corrected chi connectivity index (χ3v) is 5.33. The highest BCUT2D eigenvalue weighted by Gasteiger charge is 2.38. The average molecular weight is 369 g/mol. The molecular formula is C25H23NO2. The maximum Gasteiger partial charge on any atom is 0.187 e. The molecule has 3 aromatic rings. The first-order chi connectivity index (χ1) is 13.5. The van der Waals surface area contributed by atoms with Crippen LogP contribution in [0.3, 0.4) is 0 Å². The van der Waals surface area contributed by atoms with E-state index in [2.05, 4.69) is 30.9 Å². The minimum Gasteiger partial charge on any atom is -0.457 e. The molecule has 0 aliphatic carbocycles. The number of hydrogen-bond acceptors (Lipinski definition) is 3. The van der Waals surface area contributed by atoms with Gasteiger partial charge in [-0.15, -0.1) is 0 Å². The molecule has 3 heteroatoms. The number of carbonyl (C=O) groups is 1. The van der Waals surface area contributed by atoms with Crippen LogP contribution in [0.15, 0.2) is 90.6 Å². The number of fused-ring (bicyclic) bond motifs is 1. The molecule has 3 aromatic carbocycles. The zero-order valence-electron chi connectivity index (χ0n) is 16.3. The lowest BCUT2D eigenvalue weighted by atomic mass is 9.83. The van der Waals surface area contributed by atoms with Crippen LogP contribution in [0.1, 0.15) is 29.8 Å². The van der Waals surface area contributed by atoms with E-state index in [1.165, 1.54) is 5.56 Å². The van der Waals surface area contributed by atoms with E-state index in [0.717, 1.165) is 17.1 Å². The second-order valence-electron chi connectivity index (χ2n) is 7.53. The van der Waals surface area contributed by atoms with Gasteiger partial charge in [0.15, 0.2) is 5.78 Å². The number of benzene rings is 3. The van der Waals surface area contributed by atoms with Crippen molar-refractivity contribution in [3.05, 3.63) is 102 Å². The van der Waals surface area contributed by atoms with Gasteiger partial charge in [-0.25, -0.2) is 0 Å². The Bertz CT molecular complexity index is 1030. The van der Waals surface area contributed by atoms with Crippen LogP contribution in [0, 0.1) is 0 Å². The first-order valence-corrected chi connectivity index (χ1v) is 9.39. The Labute approximate surface area is 165 Å². The lowest BCUT2D eigenvalue weighted by Gasteiger charge is -2.24. The van der Waals surface area contributed by atoms with Crippen molar-refractivity contribution < 1.29 is 9.53 Å². The summed E-state index contributed by atoms with van der Waals surface area (Å²) in [6.07, 6.45) is 1.76. The van der Waals surface area contributed by atoms with Gasteiger partial charge in [0.2, 0.25) is 0 Å². The summed E-state index contributed by atoms with van der Waals surface area (Å²) in [5.41, 5.74) is 3.83. The molecule has 1 heterocycles. The quantitative estimate of drug-likeness (QED) is 0.419. The third-order valence-electron chi connectivity index (χ3n) is 5.33. The zero-order chi connectivity index (χ0) is 19.7. The van der Waals surface area contributed by atoms with Crippen LogP contribution in [0.25, 0.3) is 0 Å². The number of allylic oxidation sites excluding steroid dienone is 2. The van der Waals surface area contributed by atoms with Gasteiger partial charge in [-0.05, 0) is 48.0 Å². The van der Waals surface area contributed by atoms with Crippen LogP contribution in [0.2, 0.25) is 0 Å². The predicted molar refractivity (Wildman–Crippen MR) is 113 cm³/mol. The van der Waals surface area contributed by atoms with E-state index in [1.807, 2.05) is 73.8 Å². The van der Waals surface area contributed by atoms with Gasteiger partial charge in [-0.2, -0.15) is 0 Å². The van der Waals surface area contributed by atoms with E-state index in [0.29, 0.717) is 11.3 Å². The van der Waals surface area contributed by atoms with Gasteiger partial charge >= 0.3 is 0 Å². The van der Waals surface area contributed by atoms with Gasteiger partial charge in [-0.3, -0.25) is 4.79 Å². The second kappa shape index (κ2) is 7.01. The minimum atomic E-state index is -0.211. The molecule has 140 valence electrons. The number of ketones is 1. The number of anilines is 1. The second-order valence-corrected chi connectivity index (χ2v) is 7.53. The molecule has 1 aliphatic rings. The summed E-state index contributed by atoms with van der Waals surface area (Å²) in [5, 5.41) is 0. The average Bonchev–Trinajstić information content (AvgIpc) is 2.90. The SMILES string of the molecule is CN1/C(=C/C(=O)c2ccc(Oc3ccccc3)cc2)C(C)(C)c2ccccc21.